The first-order valence-electron chi connectivity index (χ1n) is 17.4. The van der Waals surface area contributed by atoms with Crippen LogP contribution in [-0.4, -0.2) is 75.3 Å². The van der Waals surface area contributed by atoms with Crippen molar-refractivity contribution in [2.75, 3.05) is 11.9 Å². The lowest BCUT2D eigenvalue weighted by molar-refractivity contribution is -0.132. The maximum Gasteiger partial charge on any atom is 0.289 e. The Bertz CT molecular complexity index is 1770. The van der Waals surface area contributed by atoms with Gasteiger partial charge in [-0.05, 0) is 48.4 Å². The summed E-state index contributed by atoms with van der Waals surface area (Å²) in [4.78, 5) is 73.8. The van der Waals surface area contributed by atoms with Gasteiger partial charge in [0.1, 0.15) is 18.1 Å². The molecule has 3 aromatic rings. The zero-order valence-corrected chi connectivity index (χ0v) is 30.0. The molecule has 0 radical (unpaired) electrons. The van der Waals surface area contributed by atoms with Gasteiger partial charge in [-0.3, -0.25) is 39.4 Å². The SMILES string of the molecule is NC(=O)[C@H](Cc1ccccc1)NC(=O)[C@H](CCCN=C(N)N)NC(=O)[C@H](CC1CCCCC1)NC(=O)c1nc(NC(=O)/C=C/c2ccccc2Cl)n[nH]1. The zero-order valence-electron chi connectivity index (χ0n) is 29.2. The second-order valence-electron chi connectivity index (χ2n) is 12.8. The zero-order chi connectivity index (χ0) is 38.2. The van der Waals surface area contributed by atoms with Crippen molar-refractivity contribution < 1.29 is 24.0 Å². The molecule has 0 saturated heterocycles. The quantitative estimate of drug-likeness (QED) is 0.0408. The summed E-state index contributed by atoms with van der Waals surface area (Å²) in [6, 6.07) is 12.8. The summed E-state index contributed by atoms with van der Waals surface area (Å²) in [5, 5.41) is 17.5. The number of hydrogen-bond acceptors (Lipinski definition) is 8. The number of H-pyrrole nitrogens is 1. The average molecular weight is 748 g/mol. The van der Waals surface area contributed by atoms with Gasteiger partial charge in [-0.15, -0.1) is 5.10 Å². The molecule has 1 fully saturated rings. The Kier molecular flexibility index (Phi) is 15.3. The number of primary amides is 1. The molecule has 53 heavy (non-hydrogen) atoms. The first-order chi connectivity index (χ1) is 25.5. The Morgan fingerprint density at radius 1 is 0.887 bits per heavy atom. The molecule has 5 amide bonds. The molecule has 1 aliphatic carbocycles. The summed E-state index contributed by atoms with van der Waals surface area (Å²) in [6.07, 6.45) is 8.49. The monoisotopic (exact) mass is 747 g/mol. The summed E-state index contributed by atoms with van der Waals surface area (Å²) in [5.41, 5.74) is 18.0. The molecule has 282 valence electrons. The number of aromatic amines is 1. The predicted octanol–water partition coefficient (Wildman–Crippen LogP) is 1.93. The van der Waals surface area contributed by atoms with Gasteiger partial charge in [-0.25, -0.2) is 0 Å². The number of carbonyl (C=O) groups excluding carboxylic acids is 5. The van der Waals surface area contributed by atoms with Crippen LogP contribution in [0, 0.1) is 5.92 Å². The third-order valence-corrected chi connectivity index (χ3v) is 9.04. The lowest BCUT2D eigenvalue weighted by Crippen LogP contribution is -2.57. The van der Waals surface area contributed by atoms with Crippen LogP contribution in [0.1, 0.15) is 73.1 Å². The number of aliphatic imine (C=N–C) groups is 1. The number of benzene rings is 2. The smallest absolute Gasteiger partial charge is 0.289 e. The first-order valence-corrected chi connectivity index (χ1v) is 17.8. The van der Waals surface area contributed by atoms with Crippen molar-refractivity contribution in [1.29, 1.82) is 0 Å². The number of nitrogens with two attached hydrogens (primary N) is 3. The average Bonchev–Trinajstić information content (AvgIpc) is 3.61. The number of anilines is 1. The van der Waals surface area contributed by atoms with Crippen LogP contribution in [0.2, 0.25) is 5.02 Å². The topological polar surface area (TPSA) is 265 Å². The standard InChI is InChI=1S/C36H46ClN11O5/c37-25-15-8-7-14-24(25)17-18-29(49)45-36-46-31(47-48-36)34(53)44-28(21-23-12-5-2-6-13-23)33(52)42-26(16-9-19-41-35(39)40)32(51)43-27(30(38)50)20-22-10-3-1-4-11-22/h1,3-4,7-8,10-11,14-15,17-18,23,26-28H,2,5-6,9,12-13,16,19-21H2,(H2,38,50)(H,42,52)(H,43,51)(H,44,53)(H4,39,40,41)(H2,45,46,47,48,49)/b18-17+/t26-,27-,28-/m0/s1. The van der Waals surface area contributed by atoms with Gasteiger partial charge in [-0.1, -0.05) is 92.2 Å². The Labute approximate surface area is 312 Å². The first kappa shape index (κ1) is 40.0. The highest BCUT2D eigenvalue weighted by molar-refractivity contribution is 6.32. The number of halogens is 1. The molecule has 3 atom stereocenters. The largest absolute Gasteiger partial charge is 0.370 e. The minimum atomic E-state index is -1.12. The van der Waals surface area contributed by atoms with Crippen LogP contribution >= 0.6 is 11.6 Å². The number of amides is 5. The molecular formula is C36H46ClN11O5. The van der Waals surface area contributed by atoms with Crippen molar-refractivity contribution in [1.82, 2.24) is 31.1 Å². The second kappa shape index (κ2) is 20.3. The maximum absolute atomic E-state index is 13.9. The molecule has 2 aromatic carbocycles. The van der Waals surface area contributed by atoms with E-state index in [0.717, 1.165) is 37.7 Å². The molecule has 0 aliphatic heterocycles. The summed E-state index contributed by atoms with van der Waals surface area (Å²) in [6.45, 7) is 0.188. The van der Waals surface area contributed by atoms with E-state index >= 15 is 0 Å². The number of carbonyl (C=O) groups is 5. The van der Waals surface area contributed by atoms with E-state index in [1.807, 2.05) is 6.07 Å². The number of aromatic nitrogens is 3. The van der Waals surface area contributed by atoms with Gasteiger partial charge in [0, 0.05) is 24.1 Å². The molecule has 0 bridgehead atoms. The van der Waals surface area contributed by atoms with E-state index < -0.39 is 47.7 Å². The van der Waals surface area contributed by atoms with Crippen molar-refractivity contribution in [2.45, 2.75) is 75.9 Å². The minimum Gasteiger partial charge on any atom is -0.370 e. The summed E-state index contributed by atoms with van der Waals surface area (Å²) < 4.78 is 0. The molecule has 0 unspecified atom stereocenters. The van der Waals surface area contributed by atoms with Gasteiger partial charge < -0.3 is 33.2 Å². The Hall–Kier alpha value is -5.77. The number of rotatable bonds is 18. The molecule has 0 spiro atoms. The molecule has 16 nitrogen and oxygen atoms in total. The molecule has 17 heteroatoms. The lowest BCUT2D eigenvalue weighted by atomic mass is 9.84. The summed E-state index contributed by atoms with van der Waals surface area (Å²) in [7, 11) is 0. The molecule has 1 saturated carbocycles. The minimum absolute atomic E-state index is 0.116. The molecule has 1 aromatic heterocycles. The Morgan fingerprint density at radius 3 is 2.26 bits per heavy atom. The fourth-order valence-corrected chi connectivity index (χ4v) is 6.15. The normalized spacial score (nSPS) is 14.7. The summed E-state index contributed by atoms with van der Waals surface area (Å²) in [5.74, 6) is -3.66. The highest BCUT2D eigenvalue weighted by Crippen LogP contribution is 2.27. The van der Waals surface area contributed by atoms with E-state index in [0.29, 0.717) is 23.4 Å². The molecule has 1 heterocycles. The van der Waals surface area contributed by atoms with Crippen molar-refractivity contribution in [2.24, 2.45) is 28.1 Å². The fourth-order valence-electron chi connectivity index (χ4n) is 5.95. The van der Waals surface area contributed by atoms with E-state index in [4.69, 9.17) is 28.8 Å². The van der Waals surface area contributed by atoms with Crippen molar-refractivity contribution in [3.05, 3.63) is 82.6 Å². The van der Waals surface area contributed by atoms with Gasteiger partial charge in [-0.2, -0.15) is 4.98 Å². The highest BCUT2D eigenvalue weighted by atomic mass is 35.5. The molecule has 1 aliphatic rings. The highest BCUT2D eigenvalue weighted by Gasteiger charge is 2.32. The van der Waals surface area contributed by atoms with Crippen molar-refractivity contribution >= 4 is 59.1 Å². The maximum atomic E-state index is 13.9. The number of nitrogens with one attached hydrogen (secondary N) is 5. The third kappa shape index (κ3) is 13.4. The van der Waals surface area contributed by atoms with Gasteiger partial charge in [0.15, 0.2) is 5.96 Å². The van der Waals surface area contributed by atoms with Crippen molar-refractivity contribution in [3.8, 4) is 0 Å². The van der Waals surface area contributed by atoms with Crippen LogP contribution in [0.25, 0.3) is 6.08 Å². The third-order valence-electron chi connectivity index (χ3n) is 8.69. The Balaban J connectivity index is 1.47. The number of hydrogen-bond donors (Lipinski definition) is 8. The van der Waals surface area contributed by atoms with Gasteiger partial charge in [0.05, 0.1) is 0 Å². The molecule has 4 rings (SSSR count). The molecule has 11 N–H and O–H groups in total. The Morgan fingerprint density at radius 2 is 1.57 bits per heavy atom. The van der Waals surface area contributed by atoms with Crippen LogP contribution in [0.4, 0.5) is 5.95 Å². The van der Waals surface area contributed by atoms with Gasteiger partial charge in [0.2, 0.25) is 29.5 Å². The molecular weight excluding hydrogens is 702 g/mol. The van der Waals surface area contributed by atoms with E-state index in [1.165, 1.54) is 12.2 Å². The van der Waals surface area contributed by atoms with E-state index in [9.17, 15) is 24.0 Å². The van der Waals surface area contributed by atoms with Crippen LogP contribution < -0.4 is 38.5 Å². The second-order valence-corrected chi connectivity index (χ2v) is 13.2. The number of nitrogens with zero attached hydrogens (tertiary/aromatic N) is 3. The number of guanidine groups is 1. The summed E-state index contributed by atoms with van der Waals surface area (Å²) >= 11 is 6.14. The van der Waals surface area contributed by atoms with E-state index in [2.05, 4.69) is 41.4 Å². The van der Waals surface area contributed by atoms with Crippen LogP contribution in [0.5, 0.6) is 0 Å². The van der Waals surface area contributed by atoms with Gasteiger partial charge >= 0.3 is 0 Å². The lowest BCUT2D eigenvalue weighted by Gasteiger charge is -2.28. The van der Waals surface area contributed by atoms with Crippen LogP contribution in [-0.2, 0) is 25.6 Å². The van der Waals surface area contributed by atoms with Crippen LogP contribution in [0.15, 0.2) is 65.7 Å². The van der Waals surface area contributed by atoms with E-state index in [1.54, 1.807) is 48.5 Å². The van der Waals surface area contributed by atoms with E-state index in [-0.39, 0.29) is 43.0 Å². The predicted molar refractivity (Wildman–Crippen MR) is 201 cm³/mol. The fraction of sp³-hybridized carbons (Fsp3) is 0.389. The van der Waals surface area contributed by atoms with Crippen molar-refractivity contribution in [3.63, 3.8) is 0 Å². The van der Waals surface area contributed by atoms with Crippen LogP contribution in [0.3, 0.4) is 0 Å². The van der Waals surface area contributed by atoms with Gasteiger partial charge in [0.25, 0.3) is 11.8 Å².